The highest BCUT2D eigenvalue weighted by molar-refractivity contribution is 7.91. The number of hydrogen-bond donors (Lipinski definition) is 2. The molecule has 0 aromatic rings. The van der Waals surface area contributed by atoms with E-state index >= 15 is 0 Å². The maximum absolute atomic E-state index is 11.6. The summed E-state index contributed by atoms with van der Waals surface area (Å²) in [5, 5.41) is 12.6. The Morgan fingerprint density at radius 1 is 1.33 bits per heavy atom. The van der Waals surface area contributed by atoms with Crippen LogP contribution in [0.25, 0.3) is 0 Å². The van der Waals surface area contributed by atoms with E-state index in [1.165, 1.54) is 0 Å². The van der Waals surface area contributed by atoms with Gasteiger partial charge in [0.25, 0.3) is 0 Å². The second-order valence-corrected chi connectivity index (χ2v) is 8.81. The lowest BCUT2D eigenvalue weighted by Gasteiger charge is -2.28. The molecule has 122 valence electrons. The van der Waals surface area contributed by atoms with Crippen LogP contribution in [0.5, 0.6) is 0 Å². The monoisotopic (exact) mass is 318 g/mol. The molecule has 6 nitrogen and oxygen atoms in total. The molecular weight excluding hydrogens is 292 g/mol. The van der Waals surface area contributed by atoms with Gasteiger partial charge in [-0.3, -0.25) is 10.1 Å². The first-order valence-electron chi connectivity index (χ1n) is 7.75. The Hall–Kier alpha value is -0.660. The second-order valence-electron chi connectivity index (χ2n) is 6.51. The van der Waals surface area contributed by atoms with E-state index in [4.69, 9.17) is 0 Å². The van der Waals surface area contributed by atoms with Crippen molar-refractivity contribution in [3.63, 3.8) is 0 Å². The molecule has 2 fully saturated rings. The van der Waals surface area contributed by atoms with Crippen LogP contribution in [0.4, 0.5) is 0 Å². The molecule has 1 heterocycles. The zero-order chi connectivity index (χ0) is 15.5. The number of carboxylic acids is 1. The fourth-order valence-corrected chi connectivity index (χ4v) is 4.10. The fraction of sp³-hybridized carbons (Fsp3) is 0.929. The number of rotatable bonds is 7. The van der Waals surface area contributed by atoms with Crippen LogP contribution in [0.15, 0.2) is 0 Å². The highest BCUT2D eigenvalue weighted by atomic mass is 32.2. The van der Waals surface area contributed by atoms with Crippen LogP contribution >= 0.6 is 0 Å². The third-order valence-electron chi connectivity index (χ3n) is 4.37. The molecule has 2 N–H and O–H groups in total. The maximum atomic E-state index is 11.6. The number of aliphatic carboxylic acids is 1. The van der Waals surface area contributed by atoms with E-state index in [0.717, 1.165) is 32.4 Å². The molecule has 0 aromatic carbocycles. The molecule has 7 heteroatoms. The van der Waals surface area contributed by atoms with Crippen molar-refractivity contribution in [2.75, 3.05) is 31.1 Å². The van der Waals surface area contributed by atoms with E-state index in [1.807, 2.05) is 0 Å². The molecule has 0 amide bonds. The van der Waals surface area contributed by atoms with Gasteiger partial charge in [0.15, 0.2) is 9.84 Å². The molecule has 1 saturated heterocycles. The molecule has 1 aliphatic carbocycles. The highest BCUT2D eigenvalue weighted by Crippen LogP contribution is 2.25. The maximum Gasteiger partial charge on any atom is 0.323 e. The van der Waals surface area contributed by atoms with Gasteiger partial charge in [-0.15, -0.1) is 0 Å². The van der Waals surface area contributed by atoms with E-state index in [0.29, 0.717) is 25.4 Å². The van der Waals surface area contributed by atoms with Crippen LogP contribution in [0, 0.1) is 0 Å². The lowest BCUT2D eigenvalue weighted by molar-refractivity contribution is -0.144. The van der Waals surface area contributed by atoms with E-state index in [-0.39, 0.29) is 11.5 Å². The van der Waals surface area contributed by atoms with Crippen LogP contribution < -0.4 is 5.32 Å². The molecule has 2 aliphatic rings. The van der Waals surface area contributed by atoms with Crippen molar-refractivity contribution >= 4 is 15.8 Å². The Morgan fingerprint density at radius 2 is 2.05 bits per heavy atom. The number of nitrogens with one attached hydrogen (secondary N) is 1. The summed E-state index contributed by atoms with van der Waals surface area (Å²) >= 11 is 0. The Bertz CT molecular complexity index is 475. The molecule has 21 heavy (non-hydrogen) atoms. The van der Waals surface area contributed by atoms with Gasteiger partial charge in [-0.1, -0.05) is 0 Å². The van der Waals surface area contributed by atoms with Gasteiger partial charge in [-0.25, -0.2) is 8.42 Å². The lowest BCUT2D eigenvalue weighted by Crippen LogP contribution is -2.50. The molecule has 0 spiro atoms. The van der Waals surface area contributed by atoms with E-state index in [9.17, 15) is 18.3 Å². The summed E-state index contributed by atoms with van der Waals surface area (Å²) in [6.45, 7) is 3.88. The van der Waals surface area contributed by atoms with Gasteiger partial charge >= 0.3 is 5.97 Å². The molecule has 1 atom stereocenters. The smallest absolute Gasteiger partial charge is 0.323 e. The SMILES string of the molecule is CC(CCCN1CCCS(=O)(=O)CC1)(NC1CC1)C(=O)O. The summed E-state index contributed by atoms with van der Waals surface area (Å²) in [4.78, 5) is 13.6. The molecule has 1 unspecified atom stereocenters. The van der Waals surface area contributed by atoms with Gasteiger partial charge in [-0.05, 0) is 52.1 Å². The van der Waals surface area contributed by atoms with Gasteiger partial charge in [-0.2, -0.15) is 0 Å². The Morgan fingerprint density at radius 3 is 2.67 bits per heavy atom. The summed E-state index contributed by atoms with van der Waals surface area (Å²) in [6, 6.07) is 0.356. The van der Waals surface area contributed by atoms with Crippen LogP contribution in [-0.2, 0) is 14.6 Å². The number of carboxylic acid groups (broad SMARTS) is 1. The van der Waals surface area contributed by atoms with Crippen molar-refractivity contribution in [1.82, 2.24) is 10.2 Å². The normalized spacial score (nSPS) is 26.0. The number of hydrogen-bond acceptors (Lipinski definition) is 5. The summed E-state index contributed by atoms with van der Waals surface area (Å²) in [5.74, 6) is -0.295. The lowest BCUT2D eigenvalue weighted by atomic mass is 9.95. The fourth-order valence-electron chi connectivity index (χ4n) is 2.79. The molecular formula is C14H26N2O4S. The Balaban J connectivity index is 1.77. The Labute approximate surface area is 126 Å². The van der Waals surface area contributed by atoms with Crippen LogP contribution in [0.2, 0.25) is 0 Å². The van der Waals surface area contributed by atoms with Crippen molar-refractivity contribution in [3.05, 3.63) is 0 Å². The van der Waals surface area contributed by atoms with Crippen molar-refractivity contribution in [1.29, 1.82) is 0 Å². The predicted octanol–water partition coefficient (Wildman–Crippen LogP) is 0.482. The number of carbonyl (C=O) groups is 1. The van der Waals surface area contributed by atoms with Crippen molar-refractivity contribution < 1.29 is 18.3 Å². The predicted molar refractivity (Wildman–Crippen MR) is 81.1 cm³/mol. The topological polar surface area (TPSA) is 86.7 Å². The molecule has 1 saturated carbocycles. The first-order chi connectivity index (χ1) is 9.81. The zero-order valence-electron chi connectivity index (χ0n) is 12.7. The quantitative estimate of drug-likeness (QED) is 0.710. The molecule has 0 bridgehead atoms. The van der Waals surface area contributed by atoms with E-state index in [2.05, 4.69) is 10.2 Å². The van der Waals surface area contributed by atoms with Crippen molar-refractivity contribution in [2.24, 2.45) is 0 Å². The summed E-state index contributed by atoms with van der Waals surface area (Å²) < 4.78 is 23.1. The number of sulfone groups is 1. The first-order valence-corrected chi connectivity index (χ1v) is 9.57. The summed E-state index contributed by atoms with van der Waals surface area (Å²) in [6.07, 6.45) is 4.14. The van der Waals surface area contributed by atoms with Crippen LogP contribution in [-0.4, -0.2) is 67.1 Å². The van der Waals surface area contributed by atoms with Crippen molar-refractivity contribution in [3.8, 4) is 0 Å². The third kappa shape index (κ3) is 5.23. The van der Waals surface area contributed by atoms with Gasteiger partial charge in [0.05, 0.1) is 11.5 Å². The zero-order valence-corrected chi connectivity index (χ0v) is 13.5. The average Bonchev–Trinajstić information content (AvgIpc) is 3.19. The minimum atomic E-state index is -2.87. The van der Waals surface area contributed by atoms with Gasteiger partial charge < -0.3 is 10.0 Å². The number of nitrogens with zero attached hydrogens (tertiary/aromatic N) is 1. The molecule has 2 rings (SSSR count). The first kappa shape index (κ1) is 16.7. The van der Waals surface area contributed by atoms with Crippen molar-refractivity contribution in [2.45, 2.75) is 50.6 Å². The summed E-state index contributed by atoms with van der Waals surface area (Å²) in [5.41, 5.74) is -0.862. The minimum absolute atomic E-state index is 0.226. The van der Waals surface area contributed by atoms with Crippen LogP contribution in [0.3, 0.4) is 0 Å². The molecule has 1 aliphatic heterocycles. The van der Waals surface area contributed by atoms with Gasteiger partial charge in [0.1, 0.15) is 5.54 Å². The largest absolute Gasteiger partial charge is 0.480 e. The average molecular weight is 318 g/mol. The van der Waals surface area contributed by atoms with Gasteiger partial charge in [0.2, 0.25) is 0 Å². The third-order valence-corrected chi connectivity index (χ3v) is 6.09. The molecule has 0 radical (unpaired) electrons. The van der Waals surface area contributed by atoms with Gasteiger partial charge in [0, 0.05) is 12.6 Å². The standard InChI is InChI=1S/C14H26N2O4S/c1-14(13(17)18,15-12-4-5-12)6-2-7-16-8-3-10-21(19,20)11-9-16/h12,15H,2-11H2,1H3,(H,17,18). The molecule has 0 aromatic heterocycles. The minimum Gasteiger partial charge on any atom is -0.480 e. The van der Waals surface area contributed by atoms with E-state index in [1.54, 1.807) is 6.92 Å². The second kappa shape index (κ2) is 6.62. The van der Waals surface area contributed by atoms with Crippen LogP contribution in [0.1, 0.15) is 39.0 Å². The van der Waals surface area contributed by atoms with E-state index < -0.39 is 21.3 Å². The highest BCUT2D eigenvalue weighted by Gasteiger charge is 2.38. The summed E-state index contributed by atoms with van der Waals surface area (Å²) in [7, 11) is -2.87. The Kier molecular flexibility index (Phi) is 5.27.